The van der Waals surface area contributed by atoms with Gasteiger partial charge in [-0.05, 0) is 54.8 Å². The number of amides is 1. The highest BCUT2D eigenvalue weighted by Gasteiger charge is 2.13. The first-order chi connectivity index (χ1) is 11.1. The molecule has 0 radical (unpaired) electrons. The maximum absolute atomic E-state index is 12.0. The third-order valence-electron chi connectivity index (χ3n) is 3.56. The molecule has 3 rings (SSSR count). The number of anilines is 1. The number of benzene rings is 2. The van der Waals surface area contributed by atoms with E-state index in [0.29, 0.717) is 6.54 Å². The summed E-state index contributed by atoms with van der Waals surface area (Å²) in [6.07, 6.45) is 0. The molecule has 120 valence electrons. The summed E-state index contributed by atoms with van der Waals surface area (Å²) >= 11 is 0. The number of hydrogen-bond acceptors (Lipinski definition) is 4. The van der Waals surface area contributed by atoms with E-state index in [1.165, 1.54) is 0 Å². The first-order valence-electron chi connectivity index (χ1n) is 7.57. The summed E-state index contributed by atoms with van der Waals surface area (Å²) < 4.78 is 10.6. The summed E-state index contributed by atoms with van der Waals surface area (Å²) in [7, 11) is 0. The number of aryl methyl sites for hydroxylation is 2. The highest BCUT2D eigenvalue weighted by molar-refractivity contribution is 5.92. The van der Waals surface area contributed by atoms with Crippen molar-refractivity contribution in [2.45, 2.75) is 20.4 Å². The molecule has 1 heterocycles. The summed E-state index contributed by atoms with van der Waals surface area (Å²) in [4.78, 5) is 12.0. The molecule has 0 saturated carbocycles. The summed E-state index contributed by atoms with van der Waals surface area (Å²) in [5.41, 5.74) is 4.15. The Morgan fingerprint density at radius 1 is 1.04 bits per heavy atom. The quantitative estimate of drug-likeness (QED) is 0.891. The second-order valence-electron chi connectivity index (χ2n) is 5.72. The van der Waals surface area contributed by atoms with Crippen LogP contribution in [0.25, 0.3) is 0 Å². The highest BCUT2D eigenvalue weighted by Crippen LogP contribution is 2.32. The van der Waals surface area contributed by atoms with Gasteiger partial charge in [-0.25, -0.2) is 0 Å². The third-order valence-corrected chi connectivity index (χ3v) is 3.56. The highest BCUT2D eigenvalue weighted by atomic mass is 16.7. The Bertz CT molecular complexity index is 708. The van der Waals surface area contributed by atoms with Crippen molar-refractivity contribution in [3.63, 3.8) is 0 Å². The number of carbonyl (C=O) groups is 1. The Balaban J connectivity index is 1.49. The van der Waals surface area contributed by atoms with E-state index >= 15 is 0 Å². The van der Waals surface area contributed by atoms with Crippen molar-refractivity contribution in [2.75, 3.05) is 18.7 Å². The fourth-order valence-corrected chi connectivity index (χ4v) is 2.62. The predicted molar refractivity (Wildman–Crippen MR) is 88.8 cm³/mol. The lowest BCUT2D eigenvalue weighted by molar-refractivity contribution is -0.115. The van der Waals surface area contributed by atoms with Crippen LogP contribution in [0.5, 0.6) is 11.5 Å². The zero-order valence-corrected chi connectivity index (χ0v) is 13.3. The topological polar surface area (TPSA) is 59.6 Å². The lowest BCUT2D eigenvalue weighted by Gasteiger charge is -2.09. The van der Waals surface area contributed by atoms with E-state index in [4.69, 9.17) is 9.47 Å². The van der Waals surface area contributed by atoms with Gasteiger partial charge in [-0.3, -0.25) is 4.79 Å². The molecule has 0 bridgehead atoms. The number of ether oxygens (including phenoxy) is 2. The molecule has 5 heteroatoms. The molecule has 0 unspecified atom stereocenters. The average Bonchev–Trinajstić information content (AvgIpc) is 2.93. The lowest BCUT2D eigenvalue weighted by Crippen LogP contribution is -2.27. The maximum Gasteiger partial charge on any atom is 0.238 e. The molecule has 1 aliphatic heterocycles. The standard InChI is InChI=1S/C18H20N2O3/c1-12-5-13(2)7-15(6-12)20-18(21)10-19-9-14-3-4-16-17(8-14)23-11-22-16/h3-8,19H,9-11H2,1-2H3,(H,20,21). The van der Waals surface area contributed by atoms with E-state index in [1.54, 1.807) is 0 Å². The number of hydrogen-bond donors (Lipinski definition) is 2. The van der Waals surface area contributed by atoms with Gasteiger partial charge in [0.05, 0.1) is 6.54 Å². The normalized spacial score (nSPS) is 12.3. The Labute approximate surface area is 135 Å². The number of fused-ring (bicyclic) bond motifs is 1. The van der Waals surface area contributed by atoms with Gasteiger partial charge in [0.1, 0.15) is 0 Å². The first kappa shape index (κ1) is 15.4. The van der Waals surface area contributed by atoms with E-state index in [2.05, 4.69) is 16.7 Å². The maximum atomic E-state index is 12.0. The molecular weight excluding hydrogens is 292 g/mol. The van der Waals surface area contributed by atoms with Gasteiger partial charge >= 0.3 is 0 Å². The van der Waals surface area contributed by atoms with Crippen molar-refractivity contribution in [1.29, 1.82) is 0 Å². The molecule has 0 spiro atoms. The van der Waals surface area contributed by atoms with Crippen LogP contribution in [-0.2, 0) is 11.3 Å². The summed E-state index contributed by atoms with van der Waals surface area (Å²) in [6.45, 7) is 5.14. The monoisotopic (exact) mass is 312 g/mol. The van der Waals surface area contributed by atoms with E-state index < -0.39 is 0 Å². The van der Waals surface area contributed by atoms with Crippen molar-refractivity contribution < 1.29 is 14.3 Å². The van der Waals surface area contributed by atoms with Crippen LogP contribution in [0.2, 0.25) is 0 Å². The van der Waals surface area contributed by atoms with Crippen LogP contribution in [-0.4, -0.2) is 19.2 Å². The molecule has 0 aromatic heterocycles. The van der Waals surface area contributed by atoms with E-state index in [9.17, 15) is 4.79 Å². The van der Waals surface area contributed by atoms with E-state index in [1.807, 2.05) is 44.2 Å². The summed E-state index contributed by atoms with van der Waals surface area (Å²) in [5.74, 6) is 1.46. The smallest absolute Gasteiger partial charge is 0.238 e. The van der Waals surface area contributed by atoms with Crippen molar-refractivity contribution >= 4 is 11.6 Å². The van der Waals surface area contributed by atoms with E-state index in [-0.39, 0.29) is 19.2 Å². The minimum atomic E-state index is -0.0595. The SMILES string of the molecule is Cc1cc(C)cc(NC(=O)CNCc2ccc3c(c2)OCO3)c1. The Hall–Kier alpha value is -2.53. The van der Waals surface area contributed by atoms with Crippen LogP contribution in [0.15, 0.2) is 36.4 Å². The number of carbonyl (C=O) groups excluding carboxylic acids is 1. The van der Waals surface area contributed by atoms with Crippen molar-refractivity contribution in [1.82, 2.24) is 5.32 Å². The van der Waals surface area contributed by atoms with Crippen LogP contribution in [0.4, 0.5) is 5.69 Å². The molecule has 1 amide bonds. The Morgan fingerprint density at radius 2 is 1.78 bits per heavy atom. The van der Waals surface area contributed by atoms with Crippen LogP contribution in [0, 0.1) is 13.8 Å². The predicted octanol–water partition coefficient (Wildman–Crippen LogP) is 2.76. The van der Waals surface area contributed by atoms with Gasteiger partial charge in [0, 0.05) is 12.2 Å². The molecule has 1 aliphatic rings. The van der Waals surface area contributed by atoms with Gasteiger partial charge in [0.2, 0.25) is 12.7 Å². The molecular formula is C18H20N2O3. The fraction of sp³-hybridized carbons (Fsp3) is 0.278. The zero-order valence-electron chi connectivity index (χ0n) is 13.3. The summed E-state index contributed by atoms with van der Waals surface area (Å²) in [5, 5.41) is 6.04. The van der Waals surface area contributed by atoms with Gasteiger partial charge in [0.15, 0.2) is 11.5 Å². The van der Waals surface area contributed by atoms with E-state index in [0.717, 1.165) is 33.9 Å². The van der Waals surface area contributed by atoms with Crippen molar-refractivity contribution in [3.8, 4) is 11.5 Å². The van der Waals surface area contributed by atoms with Gasteiger partial charge < -0.3 is 20.1 Å². The van der Waals surface area contributed by atoms with Gasteiger partial charge in [-0.15, -0.1) is 0 Å². The molecule has 2 aromatic carbocycles. The van der Waals surface area contributed by atoms with Crippen LogP contribution in [0.3, 0.4) is 0 Å². The summed E-state index contributed by atoms with van der Waals surface area (Å²) in [6, 6.07) is 11.8. The molecule has 5 nitrogen and oxygen atoms in total. The minimum absolute atomic E-state index is 0.0595. The third kappa shape index (κ3) is 4.02. The second-order valence-corrected chi connectivity index (χ2v) is 5.72. The average molecular weight is 312 g/mol. The molecule has 0 atom stereocenters. The van der Waals surface area contributed by atoms with Gasteiger partial charge in [-0.2, -0.15) is 0 Å². The van der Waals surface area contributed by atoms with Crippen LogP contribution < -0.4 is 20.1 Å². The van der Waals surface area contributed by atoms with Crippen LogP contribution >= 0.6 is 0 Å². The second kappa shape index (κ2) is 6.71. The number of rotatable bonds is 5. The molecule has 23 heavy (non-hydrogen) atoms. The lowest BCUT2D eigenvalue weighted by atomic mass is 10.1. The van der Waals surface area contributed by atoms with Crippen molar-refractivity contribution in [3.05, 3.63) is 53.1 Å². The molecule has 2 aromatic rings. The molecule has 2 N–H and O–H groups in total. The fourth-order valence-electron chi connectivity index (χ4n) is 2.62. The Morgan fingerprint density at radius 3 is 2.57 bits per heavy atom. The molecule has 0 aliphatic carbocycles. The Kier molecular flexibility index (Phi) is 4.48. The van der Waals surface area contributed by atoms with Crippen LogP contribution in [0.1, 0.15) is 16.7 Å². The number of nitrogens with one attached hydrogen (secondary N) is 2. The largest absolute Gasteiger partial charge is 0.454 e. The molecule has 0 fully saturated rings. The first-order valence-corrected chi connectivity index (χ1v) is 7.57. The molecule has 0 saturated heterocycles. The van der Waals surface area contributed by atoms with Gasteiger partial charge in [0.25, 0.3) is 0 Å². The minimum Gasteiger partial charge on any atom is -0.454 e. The van der Waals surface area contributed by atoms with Gasteiger partial charge in [-0.1, -0.05) is 12.1 Å². The van der Waals surface area contributed by atoms with Crippen molar-refractivity contribution in [2.24, 2.45) is 0 Å². The zero-order chi connectivity index (χ0) is 16.2.